The molecule has 19 heavy (non-hydrogen) atoms. The maximum atomic E-state index is 11.8. The summed E-state index contributed by atoms with van der Waals surface area (Å²) in [6.07, 6.45) is -0.784. The second-order valence-electron chi connectivity index (χ2n) is 3.85. The number of carboxylic acids is 1. The number of aliphatic carboxylic acids is 1. The van der Waals surface area contributed by atoms with Crippen molar-refractivity contribution in [3.05, 3.63) is 24.3 Å². The topological polar surface area (TPSA) is 113 Å². The highest BCUT2D eigenvalue weighted by Gasteiger charge is 2.14. The van der Waals surface area contributed by atoms with Crippen LogP contribution in [-0.2, 0) is 14.8 Å². The molecule has 1 aromatic rings. The van der Waals surface area contributed by atoms with Crippen molar-refractivity contribution >= 4 is 16.0 Å². The summed E-state index contributed by atoms with van der Waals surface area (Å²) in [5, 5.41) is 17.5. The summed E-state index contributed by atoms with van der Waals surface area (Å²) in [6, 6.07) is 5.31. The van der Waals surface area contributed by atoms with E-state index in [0.717, 1.165) is 0 Å². The zero-order chi connectivity index (χ0) is 14.5. The van der Waals surface area contributed by atoms with Crippen LogP contribution in [0.2, 0.25) is 0 Å². The average Bonchev–Trinajstić information content (AvgIpc) is 2.34. The van der Waals surface area contributed by atoms with Gasteiger partial charge in [-0.25, -0.2) is 17.9 Å². The second-order valence-corrected chi connectivity index (χ2v) is 5.62. The van der Waals surface area contributed by atoms with Gasteiger partial charge in [-0.05, 0) is 31.2 Å². The fourth-order valence-electron chi connectivity index (χ4n) is 1.17. The largest absolute Gasteiger partial charge is 0.482 e. The van der Waals surface area contributed by atoms with Crippen molar-refractivity contribution < 1.29 is 28.2 Å². The smallest absolute Gasteiger partial charge is 0.341 e. The zero-order valence-electron chi connectivity index (χ0n) is 10.2. The number of nitrogens with one attached hydrogen (secondary N) is 1. The van der Waals surface area contributed by atoms with Crippen LogP contribution in [-0.4, -0.2) is 43.9 Å². The Kier molecular flexibility index (Phi) is 5.28. The van der Waals surface area contributed by atoms with Gasteiger partial charge < -0.3 is 14.9 Å². The Morgan fingerprint density at radius 3 is 2.42 bits per heavy atom. The highest BCUT2D eigenvalue weighted by Crippen LogP contribution is 2.15. The van der Waals surface area contributed by atoms with Crippen LogP contribution in [0.15, 0.2) is 29.2 Å². The molecule has 106 valence electrons. The van der Waals surface area contributed by atoms with E-state index in [1.807, 2.05) is 0 Å². The van der Waals surface area contributed by atoms with E-state index in [1.165, 1.54) is 31.2 Å². The molecule has 3 N–H and O–H groups in total. The standard InChI is InChI=1S/C11H15NO6S/c1-8(13)6-12-19(16,17)10-4-2-9(3-5-10)18-7-11(14)15/h2-5,8,12-13H,6-7H2,1H3,(H,14,15)/t8-/m0/s1. The number of carboxylic acid groups (broad SMARTS) is 1. The van der Waals surface area contributed by atoms with Gasteiger partial charge in [0.15, 0.2) is 6.61 Å². The fourth-order valence-corrected chi connectivity index (χ4v) is 2.30. The van der Waals surface area contributed by atoms with Crippen LogP contribution in [0.1, 0.15) is 6.92 Å². The van der Waals surface area contributed by atoms with E-state index in [-0.39, 0.29) is 17.2 Å². The first-order chi connectivity index (χ1) is 8.81. The van der Waals surface area contributed by atoms with Gasteiger partial charge >= 0.3 is 5.97 Å². The Morgan fingerprint density at radius 2 is 1.95 bits per heavy atom. The lowest BCUT2D eigenvalue weighted by Gasteiger charge is -2.09. The minimum absolute atomic E-state index is 0.0100. The van der Waals surface area contributed by atoms with Crippen molar-refractivity contribution in [2.75, 3.05) is 13.2 Å². The fraction of sp³-hybridized carbons (Fsp3) is 0.364. The third-order valence-corrected chi connectivity index (χ3v) is 3.50. The predicted molar refractivity (Wildman–Crippen MR) is 66.4 cm³/mol. The Morgan fingerprint density at radius 1 is 1.37 bits per heavy atom. The van der Waals surface area contributed by atoms with Gasteiger partial charge in [0.25, 0.3) is 0 Å². The molecule has 8 heteroatoms. The summed E-state index contributed by atoms with van der Waals surface area (Å²) in [6.45, 7) is 0.886. The molecule has 0 heterocycles. The van der Waals surface area contributed by atoms with E-state index in [0.29, 0.717) is 0 Å². The van der Waals surface area contributed by atoms with E-state index < -0.39 is 28.7 Å². The molecule has 0 aliphatic rings. The average molecular weight is 289 g/mol. The van der Waals surface area contributed by atoms with Crippen molar-refractivity contribution in [3.8, 4) is 5.75 Å². The summed E-state index contributed by atoms with van der Waals surface area (Å²) in [5.74, 6) is -0.854. The lowest BCUT2D eigenvalue weighted by Crippen LogP contribution is -2.30. The number of aliphatic hydroxyl groups is 1. The first kappa shape index (κ1) is 15.4. The van der Waals surface area contributed by atoms with E-state index in [1.54, 1.807) is 0 Å². The normalized spacial score (nSPS) is 12.9. The molecule has 0 saturated carbocycles. The van der Waals surface area contributed by atoms with Crippen molar-refractivity contribution in [3.63, 3.8) is 0 Å². The highest BCUT2D eigenvalue weighted by molar-refractivity contribution is 7.89. The summed E-state index contributed by atoms with van der Waals surface area (Å²) in [7, 11) is -3.69. The summed E-state index contributed by atoms with van der Waals surface area (Å²) >= 11 is 0. The van der Waals surface area contributed by atoms with Crippen molar-refractivity contribution in [1.82, 2.24) is 4.72 Å². The molecule has 1 atom stereocenters. The molecule has 0 unspecified atom stereocenters. The van der Waals surface area contributed by atoms with Gasteiger partial charge in [-0.3, -0.25) is 0 Å². The predicted octanol–water partition coefficient (Wildman–Crippen LogP) is -0.191. The number of rotatable bonds is 7. The van der Waals surface area contributed by atoms with Crippen LogP contribution in [0.3, 0.4) is 0 Å². The third-order valence-electron chi connectivity index (χ3n) is 2.07. The summed E-state index contributed by atoms with van der Waals surface area (Å²) < 4.78 is 30.6. The van der Waals surface area contributed by atoms with E-state index >= 15 is 0 Å². The van der Waals surface area contributed by atoms with Gasteiger partial charge in [0, 0.05) is 6.54 Å². The van der Waals surface area contributed by atoms with Crippen molar-refractivity contribution in [1.29, 1.82) is 0 Å². The molecule has 0 amide bonds. The van der Waals surface area contributed by atoms with E-state index in [2.05, 4.69) is 4.72 Å². The lowest BCUT2D eigenvalue weighted by molar-refractivity contribution is -0.139. The molecule has 1 aromatic carbocycles. The van der Waals surface area contributed by atoms with Gasteiger partial charge in [-0.2, -0.15) is 0 Å². The van der Waals surface area contributed by atoms with Gasteiger partial charge in [-0.15, -0.1) is 0 Å². The quantitative estimate of drug-likeness (QED) is 0.641. The number of carbonyl (C=O) groups is 1. The number of aliphatic hydroxyl groups excluding tert-OH is 1. The molecular formula is C11H15NO6S. The van der Waals surface area contributed by atoms with Gasteiger partial charge in [0.1, 0.15) is 5.75 Å². The maximum Gasteiger partial charge on any atom is 0.341 e. The number of ether oxygens (including phenoxy) is 1. The third kappa shape index (κ3) is 5.25. The molecule has 0 aliphatic heterocycles. The van der Waals surface area contributed by atoms with Gasteiger partial charge in [-0.1, -0.05) is 0 Å². The molecule has 0 spiro atoms. The molecule has 0 aliphatic carbocycles. The van der Waals surface area contributed by atoms with Crippen LogP contribution >= 0.6 is 0 Å². The van der Waals surface area contributed by atoms with Crippen LogP contribution < -0.4 is 9.46 Å². The maximum absolute atomic E-state index is 11.8. The number of sulfonamides is 1. The second kappa shape index (κ2) is 6.50. The molecule has 0 fully saturated rings. The van der Waals surface area contributed by atoms with Crippen molar-refractivity contribution in [2.24, 2.45) is 0 Å². The van der Waals surface area contributed by atoms with Crippen LogP contribution in [0, 0.1) is 0 Å². The van der Waals surface area contributed by atoms with Crippen molar-refractivity contribution in [2.45, 2.75) is 17.9 Å². The Bertz CT molecular complexity index is 523. The van der Waals surface area contributed by atoms with E-state index in [4.69, 9.17) is 14.9 Å². The Hall–Kier alpha value is -1.64. The Labute approximate surface area is 110 Å². The first-order valence-electron chi connectivity index (χ1n) is 5.43. The molecule has 0 radical (unpaired) electrons. The Balaban J connectivity index is 2.72. The van der Waals surface area contributed by atoms with Gasteiger partial charge in [0.05, 0.1) is 11.0 Å². The minimum atomic E-state index is -3.69. The molecular weight excluding hydrogens is 274 g/mol. The SMILES string of the molecule is C[C@H](O)CNS(=O)(=O)c1ccc(OCC(=O)O)cc1. The van der Waals surface area contributed by atoms with Crippen LogP contribution in [0.5, 0.6) is 5.75 Å². The number of hydrogen-bond donors (Lipinski definition) is 3. The monoisotopic (exact) mass is 289 g/mol. The molecule has 1 rings (SSSR count). The number of hydrogen-bond acceptors (Lipinski definition) is 5. The number of benzene rings is 1. The lowest BCUT2D eigenvalue weighted by atomic mass is 10.3. The van der Waals surface area contributed by atoms with Gasteiger partial charge in [0.2, 0.25) is 10.0 Å². The first-order valence-corrected chi connectivity index (χ1v) is 6.92. The van der Waals surface area contributed by atoms with E-state index in [9.17, 15) is 13.2 Å². The highest BCUT2D eigenvalue weighted by atomic mass is 32.2. The summed E-state index contributed by atoms with van der Waals surface area (Å²) in [5.41, 5.74) is 0. The van der Waals surface area contributed by atoms with Crippen LogP contribution in [0.25, 0.3) is 0 Å². The van der Waals surface area contributed by atoms with Crippen LogP contribution in [0.4, 0.5) is 0 Å². The molecule has 0 saturated heterocycles. The minimum Gasteiger partial charge on any atom is -0.482 e. The molecule has 0 bridgehead atoms. The zero-order valence-corrected chi connectivity index (χ0v) is 11.1. The molecule has 0 aromatic heterocycles. The molecule has 7 nitrogen and oxygen atoms in total. The summed E-state index contributed by atoms with van der Waals surface area (Å²) in [4.78, 5) is 10.3.